The number of benzene rings is 1. The Morgan fingerprint density at radius 1 is 1.13 bits per heavy atom. The highest BCUT2D eigenvalue weighted by molar-refractivity contribution is 9.10. The molecule has 0 unspecified atom stereocenters. The number of nitrogens with two attached hydrogens (primary N) is 1. The van der Waals surface area contributed by atoms with Gasteiger partial charge in [-0.25, -0.2) is 0 Å². The molecule has 0 aliphatic carbocycles. The molecule has 0 fully saturated rings. The maximum absolute atomic E-state index is 5.88. The van der Waals surface area contributed by atoms with Crippen molar-refractivity contribution in [2.45, 2.75) is 9.79 Å². The Hall–Kier alpha value is -1.00. The van der Waals surface area contributed by atoms with Gasteiger partial charge in [0.05, 0.1) is 0 Å². The average molecular weight is 281 g/mol. The first-order valence-corrected chi connectivity index (χ1v) is 5.99. The number of nitrogens with zero attached hydrogens (tertiary/aromatic N) is 1. The van der Waals surface area contributed by atoms with E-state index in [1.807, 2.05) is 30.3 Å². The van der Waals surface area contributed by atoms with Crippen LogP contribution in [0.15, 0.2) is 57.0 Å². The number of pyridine rings is 1. The molecule has 76 valence electrons. The van der Waals surface area contributed by atoms with Crippen molar-refractivity contribution < 1.29 is 0 Å². The van der Waals surface area contributed by atoms with Gasteiger partial charge in [-0.05, 0) is 30.3 Å². The Morgan fingerprint density at radius 2 is 1.87 bits per heavy atom. The Labute approximate surface area is 101 Å². The summed E-state index contributed by atoms with van der Waals surface area (Å²) in [5.41, 5.74) is 6.67. The van der Waals surface area contributed by atoms with E-state index >= 15 is 0 Å². The quantitative estimate of drug-likeness (QED) is 0.855. The second kappa shape index (κ2) is 4.68. The van der Waals surface area contributed by atoms with E-state index in [4.69, 9.17) is 5.73 Å². The monoisotopic (exact) mass is 280 g/mol. The van der Waals surface area contributed by atoms with Crippen molar-refractivity contribution in [2.75, 3.05) is 5.73 Å². The van der Waals surface area contributed by atoms with E-state index < -0.39 is 0 Å². The lowest BCUT2D eigenvalue weighted by atomic mass is 10.3. The topological polar surface area (TPSA) is 38.9 Å². The van der Waals surface area contributed by atoms with Crippen LogP contribution in [-0.4, -0.2) is 4.98 Å². The minimum atomic E-state index is 0.792. The minimum absolute atomic E-state index is 0.792. The van der Waals surface area contributed by atoms with Crippen molar-refractivity contribution in [3.63, 3.8) is 0 Å². The lowest BCUT2D eigenvalue weighted by Crippen LogP contribution is -1.87. The summed E-state index contributed by atoms with van der Waals surface area (Å²) in [7, 11) is 0. The predicted molar refractivity (Wildman–Crippen MR) is 66.9 cm³/mol. The molecule has 0 atom stereocenters. The van der Waals surface area contributed by atoms with Gasteiger partial charge in [0.2, 0.25) is 0 Å². The molecule has 0 bridgehead atoms. The summed E-state index contributed by atoms with van der Waals surface area (Å²) < 4.78 is 1.04. The predicted octanol–water partition coefficient (Wildman–Crippen LogP) is 3.58. The third kappa shape index (κ3) is 2.73. The first kappa shape index (κ1) is 10.5. The third-order valence-corrected chi connectivity index (χ3v) is 3.43. The molecule has 4 heteroatoms. The van der Waals surface area contributed by atoms with E-state index in [2.05, 4.69) is 20.9 Å². The zero-order chi connectivity index (χ0) is 10.7. The van der Waals surface area contributed by atoms with Gasteiger partial charge in [0.1, 0.15) is 0 Å². The Balaban J connectivity index is 2.28. The molecule has 2 aromatic rings. The maximum Gasteiger partial charge on any atom is 0.0456 e. The smallest absolute Gasteiger partial charge is 0.0456 e. The van der Waals surface area contributed by atoms with E-state index in [0.717, 1.165) is 20.0 Å². The fraction of sp³-hybridized carbons (Fsp3) is 0. The summed E-state index contributed by atoms with van der Waals surface area (Å²) in [5.74, 6) is 0. The van der Waals surface area contributed by atoms with Crippen LogP contribution < -0.4 is 5.73 Å². The molecule has 0 saturated carbocycles. The van der Waals surface area contributed by atoms with Crippen molar-refractivity contribution in [3.8, 4) is 0 Å². The number of aromatic nitrogens is 1. The van der Waals surface area contributed by atoms with Gasteiger partial charge in [-0.15, -0.1) is 0 Å². The number of rotatable bonds is 2. The Bertz CT molecular complexity index is 459. The van der Waals surface area contributed by atoms with Gasteiger partial charge in [-0.3, -0.25) is 4.98 Å². The van der Waals surface area contributed by atoms with Crippen LogP contribution in [0.3, 0.4) is 0 Å². The first-order chi connectivity index (χ1) is 7.25. The Kier molecular flexibility index (Phi) is 3.28. The van der Waals surface area contributed by atoms with E-state index in [9.17, 15) is 0 Å². The largest absolute Gasteiger partial charge is 0.398 e. The molecular weight excluding hydrogens is 272 g/mol. The van der Waals surface area contributed by atoms with Gasteiger partial charge < -0.3 is 5.73 Å². The van der Waals surface area contributed by atoms with Crippen molar-refractivity contribution in [1.29, 1.82) is 0 Å². The summed E-state index contributed by atoms with van der Waals surface area (Å²) in [6.45, 7) is 0. The molecule has 15 heavy (non-hydrogen) atoms. The fourth-order valence-electron chi connectivity index (χ4n) is 1.13. The third-order valence-electron chi connectivity index (χ3n) is 1.85. The van der Waals surface area contributed by atoms with Crippen LogP contribution in [0.25, 0.3) is 0 Å². The number of hydrogen-bond acceptors (Lipinski definition) is 3. The zero-order valence-corrected chi connectivity index (χ0v) is 10.3. The van der Waals surface area contributed by atoms with Crippen molar-refractivity contribution >= 4 is 33.4 Å². The molecule has 2 N–H and O–H groups in total. The molecule has 0 saturated heterocycles. The summed E-state index contributed by atoms with van der Waals surface area (Å²) in [4.78, 5) is 6.16. The minimum Gasteiger partial charge on any atom is -0.398 e. The molecule has 1 aromatic heterocycles. The normalized spacial score (nSPS) is 10.2. The number of anilines is 1. The van der Waals surface area contributed by atoms with Crippen LogP contribution in [0.2, 0.25) is 0 Å². The van der Waals surface area contributed by atoms with Crippen LogP contribution in [0.5, 0.6) is 0 Å². The highest BCUT2D eigenvalue weighted by Gasteiger charge is 2.02. The highest BCUT2D eigenvalue weighted by Crippen LogP contribution is 2.33. The summed E-state index contributed by atoms with van der Waals surface area (Å²) in [6, 6.07) is 9.77. The average Bonchev–Trinajstić information content (AvgIpc) is 2.25. The fourth-order valence-corrected chi connectivity index (χ4v) is 2.53. The molecule has 1 aromatic carbocycles. The Morgan fingerprint density at radius 3 is 2.60 bits per heavy atom. The second-order valence-corrected chi connectivity index (χ2v) is 5.00. The molecule has 0 radical (unpaired) electrons. The first-order valence-electron chi connectivity index (χ1n) is 4.38. The molecule has 0 amide bonds. The van der Waals surface area contributed by atoms with E-state index in [0.29, 0.717) is 0 Å². The molecule has 2 rings (SSSR count). The number of nitrogen functional groups attached to an aromatic ring is 1. The van der Waals surface area contributed by atoms with Crippen LogP contribution >= 0.6 is 27.7 Å². The molecule has 0 aliphatic rings. The maximum atomic E-state index is 5.88. The van der Waals surface area contributed by atoms with Gasteiger partial charge in [0.15, 0.2) is 0 Å². The van der Waals surface area contributed by atoms with Crippen molar-refractivity contribution in [1.82, 2.24) is 4.98 Å². The van der Waals surface area contributed by atoms with Gasteiger partial charge in [-0.2, -0.15) is 0 Å². The molecule has 1 heterocycles. The summed E-state index contributed by atoms with van der Waals surface area (Å²) >= 11 is 5.06. The highest BCUT2D eigenvalue weighted by atomic mass is 79.9. The van der Waals surface area contributed by atoms with Crippen LogP contribution in [0.4, 0.5) is 5.69 Å². The van der Waals surface area contributed by atoms with E-state index in [1.165, 1.54) is 0 Å². The summed E-state index contributed by atoms with van der Waals surface area (Å²) in [5, 5.41) is 0. The van der Waals surface area contributed by atoms with E-state index in [-0.39, 0.29) is 0 Å². The van der Waals surface area contributed by atoms with Gasteiger partial charge in [0, 0.05) is 32.3 Å². The van der Waals surface area contributed by atoms with Crippen LogP contribution in [0.1, 0.15) is 0 Å². The molecule has 0 spiro atoms. The number of hydrogen-bond donors (Lipinski definition) is 1. The van der Waals surface area contributed by atoms with E-state index in [1.54, 1.807) is 24.2 Å². The standard InChI is InChI=1S/C11H9BrN2S/c12-8-1-2-10(13)11(7-8)15-9-3-5-14-6-4-9/h1-7H,13H2. The van der Waals surface area contributed by atoms with Crippen molar-refractivity contribution in [2.24, 2.45) is 0 Å². The van der Waals surface area contributed by atoms with Crippen molar-refractivity contribution in [3.05, 3.63) is 47.2 Å². The van der Waals surface area contributed by atoms with Crippen LogP contribution in [0, 0.1) is 0 Å². The van der Waals surface area contributed by atoms with Gasteiger partial charge in [0.25, 0.3) is 0 Å². The number of halogens is 1. The summed E-state index contributed by atoms with van der Waals surface area (Å²) in [6.07, 6.45) is 3.55. The molecule has 0 aliphatic heterocycles. The van der Waals surface area contributed by atoms with Crippen LogP contribution in [-0.2, 0) is 0 Å². The molecular formula is C11H9BrN2S. The molecule has 2 nitrogen and oxygen atoms in total. The SMILES string of the molecule is Nc1ccc(Br)cc1Sc1ccncc1. The van der Waals surface area contributed by atoms with Gasteiger partial charge >= 0.3 is 0 Å². The zero-order valence-electron chi connectivity index (χ0n) is 7.85. The lowest BCUT2D eigenvalue weighted by Gasteiger charge is -2.05. The lowest BCUT2D eigenvalue weighted by molar-refractivity contribution is 1.26. The second-order valence-electron chi connectivity index (χ2n) is 2.97. The van der Waals surface area contributed by atoms with Gasteiger partial charge in [-0.1, -0.05) is 27.7 Å².